The van der Waals surface area contributed by atoms with Crippen LogP contribution in [0.25, 0.3) is 0 Å². The highest BCUT2D eigenvalue weighted by Gasteiger charge is 2.31. The Morgan fingerprint density at radius 1 is 0.967 bits per heavy atom. The molecule has 7 heteroatoms. The Morgan fingerprint density at radius 3 is 2.00 bits per heavy atom. The zero-order valence-corrected chi connectivity index (χ0v) is 20.1. The minimum atomic E-state index is -3.96. The van der Waals surface area contributed by atoms with Crippen LogP contribution in [0, 0.1) is 12.3 Å². The van der Waals surface area contributed by atoms with Gasteiger partial charge in [-0.1, -0.05) is 50.1 Å². The molecule has 164 valence electrons. The molecule has 0 spiro atoms. The highest BCUT2D eigenvalue weighted by atomic mass is 35.5. The van der Waals surface area contributed by atoms with Crippen LogP contribution in [-0.2, 0) is 14.8 Å². The molecule has 2 aromatic carbocycles. The molecule has 0 atom stereocenters. The van der Waals surface area contributed by atoms with Crippen LogP contribution in [0.3, 0.4) is 0 Å². The summed E-state index contributed by atoms with van der Waals surface area (Å²) in [6.07, 6.45) is 0.750. The van der Waals surface area contributed by atoms with E-state index in [-0.39, 0.29) is 22.8 Å². The molecule has 0 aliphatic heterocycles. The molecule has 30 heavy (non-hydrogen) atoms. The van der Waals surface area contributed by atoms with Gasteiger partial charge in [0.2, 0.25) is 5.91 Å². The molecule has 1 N–H and O–H groups in total. The van der Waals surface area contributed by atoms with Crippen LogP contribution in [0.4, 0.5) is 5.69 Å². The molecule has 0 unspecified atom stereocenters. The number of nitrogens with zero attached hydrogens (tertiary/aromatic N) is 1. The Morgan fingerprint density at radius 2 is 1.50 bits per heavy atom. The molecule has 0 aromatic heterocycles. The van der Waals surface area contributed by atoms with Crippen LogP contribution in [0.1, 0.15) is 46.6 Å². The van der Waals surface area contributed by atoms with Crippen molar-refractivity contribution in [2.24, 2.45) is 5.41 Å². The lowest BCUT2D eigenvalue weighted by Crippen LogP contribution is -2.50. The number of nitrogens with one attached hydrogen (secondary N) is 1. The molecule has 5 nitrogen and oxygen atoms in total. The Balaban J connectivity index is 2.36. The summed E-state index contributed by atoms with van der Waals surface area (Å²) in [5.74, 6) is -0.359. The van der Waals surface area contributed by atoms with E-state index < -0.39 is 15.6 Å². The van der Waals surface area contributed by atoms with Gasteiger partial charge in [-0.15, -0.1) is 0 Å². The van der Waals surface area contributed by atoms with Crippen LogP contribution in [-0.4, -0.2) is 26.4 Å². The van der Waals surface area contributed by atoms with Crippen molar-refractivity contribution in [3.8, 4) is 0 Å². The van der Waals surface area contributed by atoms with Crippen molar-refractivity contribution in [3.63, 3.8) is 0 Å². The Kier molecular flexibility index (Phi) is 7.25. The van der Waals surface area contributed by atoms with Gasteiger partial charge in [0.25, 0.3) is 10.0 Å². The summed E-state index contributed by atoms with van der Waals surface area (Å²) >= 11 is 5.91. The van der Waals surface area contributed by atoms with Gasteiger partial charge >= 0.3 is 0 Å². The van der Waals surface area contributed by atoms with Crippen molar-refractivity contribution in [1.82, 2.24) is 5.32 Å². The van der Waals surface area contributed by atoms with E-state index in [1.54, 1.807) is 12.1 Å². The number of sulfonamides is 1. The molecule has 0 radical (unpaired) electrons. The Bertz CT molecular complexity index is 977. The van der Waals surface area contributed by atoms with Crippen molar-refractivity contribution >= 4 is 33.2 Å². The molecule has 2 rings (SSSR count). The van der Waals surface area contributed by atoms with Crippen molar-refractivity contribution in [2.45, 2.75) is 58.4 Å². The topological polar surface area (TPSA) is 66.5 Å². The van der Waals surface area contributed by atoms with E-state index in [0.717, 1.165) is 16.3 Å². The number of carbonyl (C=O) groups excluding carboxylic acids is 1. The largest absolute Gasteiger partial charge is 0.350 e. The van der Waals surface area contributed by atoms with Crippen molar-refractivity contribution in [3.05, 3.63) is 59.1 Å². The number of hydrogen-bond donors (Lipinski definition) is 1. The van der Waals surface area contributed by atoms with Crippen molar-refractivity contribution in [1.29, 1.82) is 0 Å². The number of anilines is 1. The summed E-state index contributed by atoms with van der Waals surface area (Å²) in [7, 11) is -3.96. The Hall–Kier alpha value is -2.05. The van der Waals surface area contributed by atoms with Crippen LogP contribution >= 0.6 is 11.6 Å². The highest BCUT2D eigenvalue weighted by molar-refractivity contribution is 7.92. The zero-order valence-electron chi connectivity index (χ0n) is 18.5. The number of carbonyl (C=O) groups is 1. The van der Waals surface area contributed by atoms with Gasteiger partial charge in [-0.25, -0.2) is 8.42 Å². The number of halogens is 1. The summed E-state index contributed by atoms with van der Waals surface area (Å²) in [6, 6.07) is 13.0. The summed E-state index contributed by atoms with van der Waals surface area (Å²) in [4.78, 5) is 13.0. The average Bonchev–Trinajstić information content (AvgIpc) is 2.58. The van der Waals surface area contributed by atoms with Gasteiger partial charge in [0.1, 0.15) is 6.54 Å². The summed E-state index contributed by atoms with van der Waals surface area (Å²) in [5.41, 5.74) is 0.971. The van der Waals surface area contributed by atoms with Crippen molar-refractivity contribution < 1.29 is 13.2 Å². The third-order valence-electron chi connectivity index (χ3n) is 4.46. The van der Waals surface area contributed by atoms with Gasteiger partial charge in [0.05, 0.1) is 10.6 Å². The molecule has 1 amide bonds. The summed E-state index contributed by atoms with van der Waals surface area (Å²) in [6.45, 7) is 11.8. The quantitative estimate of drug-likeness (QED) is 0.632. The molecular formula is C23H31ClN2O3S. The summed E-state index contributed by atoms with van der Waals surface area (Å²) < 4.78 is 27.9. The van der Waals surface area contributed by atoms with E-state index in [2.05, 4.69) is 26.1 Å². The fourth-order valence-electron chi connectivity index (χ4n) is 3.68. The molecule has 0 fully saturated rings. The maximum Gasteiger partial charge on any atom is 0.264 e. The Labute approximate surface area is 185 Å². The van der Waals surface area contributed by atoms with E-state index >= 15 is 0 Å². The number of hydrogen-bond acceptors (Lipinski definition) is 3. The predicted octanol–water partition coefficient (Wildman–Crippen LogP) is 5.17. The lowest BCUT2D eigenvalue weighted by Gasteiger charge is -2.34. The summed E-state index contributed by atoms with van der Waals surface area (Å²) in [5, 5.41) is 3.43. The van der Waals surface area contributed by atoms with E-state index in [1.165, 1.54) is 24.3 Å². The van der Waals surface area contributed by atoms with Gasteiger partial charge < -0.3 is 5.32 Å². The number of benzene rings is 2. The smallest absolute Gasteiger partial charge is 0.264 e. The molecule has 0 bridgehead atoms. The second kappa shape index (κ2) is 8.98. The molecule has 0 aliphatic carbocycles. The predicted molar refractivity (Wildman–Crippen MR) is 123 cm³/mol. The molecule has 0 saturated heterocycles. The van der Waals surface area contributed by atoms with E-state index in [0.29, 0.717) is 10.7 Å². The lowest BCUT2D eigenvalue weighted by atomic mass is 9.82. The maximum atomic E-state index is 13.4. The highest BCUT2D eigenvalue weighted by Crippen LogP contribution is 2.28. The molecule has 0 saturated carbocycles. The van der Waals surface area contributed by atoms with Crippen LogP contribution in [0.15, 0.2) is 53.4 Å². The van der Waals surface area contributed by atoms with Crippen LogP contribution in [0.5, 0.6) is 0 Å². The second-order valence-electron chi connectivity index (χ2n) is 9.47. The van der Waals surface area contributed by atoms with Gasteiger partial charge in [-0.05, 0) is 69.0 Å². The molecule has 0 heterocycles. The van der Waals surface area contributed by atoms with Gasteiger partial charge in [-0.2, -0.15) is 0 Å². The van der Waals surface area contributed by atoms with Gasteiger partial charge in [0, 0.05) is 10.6 Å². The van der Waals surface area contributed by atoms with Crippen molar-refractivity contribution in [2.75, 3.05) is 10.8 Å². The monoisotopic (exact) mass is 450 g/mol. The van der Waals surface area contributed by atoms with Crippen LogP contribution < -0.4 is 9.62 Å². The minimum absolute atomic E-state index is 0.0167. The fraction of sp³-hybridized carbons (Fsp3) is 0.435. The van der Waals surface area contributed by atoms with E-state index in [1.807, 2.05) is 32.9 Å². The first-order valence-corrected chi connectivity index (χ1v) is 11.7. The average molecular weight is 451 g/mol. The first-order chi connectivity index (χ1) is 13.7. The maximum absolute atomic E-state index is 13.4. The molecular weight excluding hydrogens is 420 g/mol. The number of rotatable bonds is 7. The van der Waals surface area contributed by atoms with Crippen LogP contribution in [0.2, 0.25) is 5.02 Å². The number of amides is 1. The first kappa shape index (κ1) is 24.2. The second-order valence-corrected chi connectivity index (χ2v) is 11.8. The van der Waals surface area contributed by atoms with E-state index in [9.17, 15) is 13.2 Å². The van der Waals surface area contributed by atoms with Gasteiger partial charge in [0.15, 0.2) is 0 Å². The SMILES string of the molecule is Cc1ccc(N(CC(=O)NC(C)(C)CC(C)(C)C)S(=O)(=O)c2ccc(Cl)cc2)cc1. The lowest BCUT2D eigenvalue weighted by molar-refractivity contribution is -0.121. The normalized spacial score (nSPS) is 12.5. The van der Waals surface area contributed by atoms with Gasteiger partial charge in [-0.3, -0.25) is 9.10 Å². The molecule has 2 aromatic rings. The standard InChI is InChI=1S/C23H31ClN2O3S/c1-17-7-11-19(12-8-17)26(30(28,29)20-13-9-18(24)10-14-20)15-21(27)25-23(5,6)16-22(2,3)4/h7-14H,15-16H2,1-6H3,(H,25,27). The zero-order chi connectivity index (χ0) is 22.7. The third-order valence-corrected chi connectivity index (χ3v) is 6.50. The third kappa shape index (κ3) is 6.74. The number of aryl methyl sites for hydroxylation is 1. The molecule has 0 aliphatic rings. The minimum Gasteiger partial charge on any atom is -0.350 e. The first-order valence-electron chi connectivity index (χ1n) is 9.86. The van der Waals surface area contributed by atoms with E-state index in [4.69, 9.17) is 11.6 Å². The fourth-order valence-corrected chi connectivity index (χ4v) is 5.22.